The molecule has 0 unspecified atom stereocenters. The van der Waals surface area contributed by atoms with Crippen molar-refractivity contribution < 1.29 is 4.39 Å². The lowest BCUT2D eigenvalue weighted by Gasteiger charge is -2.30. The summed E-state index contributed by atoms with van der Waals surface area (Å²) in [5.74, 6) is -0.123. The number of halogens is 1. The molecule has 0 aliphatic carbocycles. The maximum Gasteiger partial charge on any atom is 0.129 e. The zero-order valence-corrected chi connectivity index (χ0v) is 11.3. The zero-order chi connectivity index (χ0) is 12.8. The Hall–Kier alpha value is -1.09. The van der Waals surface area contributed by atoms with E-state index in [0.717, 1.165) is 24.3 Å². The number of nitrogens with one attached hydrogen (secondary N) is 1. The fraction of sp³-hybridized carbons (Fsp3) is 0.571. The lowest BCUT2D eigenvalue weighted by atomic mass is 10.1. The van der Waals surface area contributed by atoms with Gasteiger partial charge in [-0.15, -0.1) is 0 Å². The number of hydrogen-bond acceptors (Lipinski definition) is 2. The van der Waals surface area contributed by atoms with E-state index in [1.807, 2.05) is 13.0 Å². The molecule has 0 heterocycles. The molecule has 0 amide bonds. The first-order valence-corrected chi connectivity index (χ1v) is 6.36. The van der Waals surface area contributed by atoms with Crippen molar-refractivity contribution in [2.45, 2.75) is 40.3 Å². The first-order chi connectivity index (χ1) is 8.11. The Morgan fingerprint density at radius 1 is 1.29 bits per heavy atom. The molecule has 0 bridgehead atoms. The SMILES string of the molecule is CCNCc1c(F)cccc1N(CC)C(C)C. The molecular formula is C14H23FN2. The van der Waals surface area contributed by atoms with E-state index in [1.165, 1.54) is 6.07 Å². The third-order valence-electron chi connectivity index (χ3n) is 2.92. The molecule has 0 fully saturated rings. The molecule has 2 nitrogen and oxygen atoms in total. The summed E-state index contributed by atoms with van der Waals surface area (Å²) in [5.41, 5.74) is 1.77. The number of benzene rings is 1. The minimum atomic E-state index is -0.123. The van der Waals surface area contributed by atoms with Crippen molar-refractivity contribution in [2.75, 3.05) is 18.0 Å². The number of hydrogen-bond donors (Lipinski definition) is 1. The molecule has 0 saturated heterocycles. The van der Waals surface area contributed by atoms with E-state index in [0.29, 0.717) is 12.6 Å². The monoisotopic (exact) mass is 238 g/mol. The van der Waals surface area contributed by atoms with Gasteiger partial charge >= 0.3 is 0 Å². The van der Waals surface area contributed by atoms with Crippen LogP contribution in [0.4, 0.5) is 10.1 Å². The molecule has 0 spiro atoms. The summed E-state index contributed by atoms with van der Waals surface area (Å²) < 4.78 is 13.9. The van der Waals surface area contributed by atoms with Crippen LogP contribution in [-0.2, 0) is 6.54 Å². The van der Waals surface area contributed by atoms with Gasteiger partial charge in [0.05, 0.1) is 0 Å². The molecule has 0 radical (unpaired) electrons. The Balaban J connectivity index is 3.08. The van der Waals surface area contributed by atoms with Gasteiger partial charge in [-0.3, -0.25) is 0 Å². The van der Waals surface area contributed by atoms with Crippen LogP contribution < -0.4 is 10.2 Å². The summed E-state index contributed by atoms with van der Waals surface area (Å²) >= 11 is 0. The molecule has 1 rings (SSSR count). The molecule has 1 N–H and O–H groups in total. The van der Waals surface area contributed by atoms with Gasteiger partial charge in [0.2, 0.25) is 0 Å². The van der Waals surface area contributed by atoms with Crippen molar-refractivity contribution in [3.05, 3.63) is 29.6 Å². The second-order valence-electron chi connectivity index (χ2n) is 4.40. The van der Waals surface area contributed by atoms with E-state index in [2.05, 4.69) is 31.0 Å². The van der Waals surface area contributed by atoms with Gasteiger partial charge in [-0.2, -0.15) is 0 Å². The zero-order valence-electron chi connectivity index (χ0n) is 11.3. The van der Waals surface area contributed by atoms with Crippen LogP contribution >= 0.6 is 0 Å². The van der Waals surface area contributed by atoms with Crippen LogP contribution in [0.5, 0.6) is 0 Å². The molecule has 0 atom stereocenters. The topological polar surface area (TPSA) is 15.3 Å². The van der Waals surface area contributed by atoms with Gasteiger partial charge in [-0.05, 0) is 39.4 Å². The van der Waals surface area contributed by atoms with Crippen LogP contribution in [0.3, 0.4) is 0 Å². The Morgan fingerprint density at radius 2 is 2.00 bits per heavy atom. The molecule has 0 saturated carbocycles. The summed E-state index contributed by atoms with van der Waals surface area (Å²) in [6.07, 6.45) is 0. The first kappa shape index (κ1) is 14.0. The normalized spacial score (nSPS) is 10.9. The third-order valence-corrected chi connectivity index (χ3v) is 2.92. The van der Waals surface area contributed by atoms with Crippen LogP contribution in [0.1, 0.15) is 33.3 Å². The summed E-state index contributed by atoms with van der Waals surface area (Å²) in [4.78, 5) is 2.22. The van der Waals surface area contributed by atoms with Crippen molar-refractivity contribution >= 4 is 5.69 Å². The summed E-state index contributed by atoms with van der Waals surface area (Å²) in [6, 6.07) is 5.69. The molecule has 3 heteroatoms. The van der Waals surface area contributed by atoms with Crippen LogP contribution in [0, 0.1) is 5.82 Å². The quantitative estimate of drug-likeness (QED) is 0.819. The smallest absolute Gasteiger partial charge is 0.129 e. The van der Waals surface area contributed by atoms with Gasteiger partial charge in [-0.25, -0.2) is 4.39 Å². The highest BCUT2D eigenvalue weighted by Gasteiger charge is 2.15. The highest BCUT2D eigenvalue weighted by Crippen LogP contribution is 2.24. The largest absolute Gasteiger partial charge is 0.369 e. The van der Waals surface area contributed by atoms with E-state index in [1.54, 1.807) is 6.07 Å². The Labute approximate surface area is 104 Å². The van der Waals surface area contributed by atoms with Crippen molar-refractivity contribution in [3.8, 4) is 0 Å². The van der Waals surface area contributed by atoms with Crippen molar-refractivity contribution in [1.82, 2.24) is 5.32 Å². The Bertz CT molecular complexity index is 350. The molecule has 0 aromatic heterocycles. The fourth-order valence-corrected chi connectivity index (χ4v) is 2.06. The highest BCUT2D eigenvalue weighted by atomic mass is 19.1. The molecule has 0 aliphatic rings. The van der Waals surface area contributed by atoms with E-state index < -0.39 is 0 Å². The van der Waals surface area contributed by atoms with Crippen molar-refractivity contribution in [3.63, 3.8) is 0 Å². The van der Waals surface area contributed by atoms with Crippen LogP contribution in [0.25, 0.3) is 0 Å². The Morgan fingerprint density at radius 3 is 2.53 bits per heavy atom. The minimum Gasteiger partial charge on any atom is -0.369 e. The lowest BCUT2D eigenvalue weighted by Crippen LogP contribution is -2.32. The van der Waals surface area contributed by atoms with Crippen LogP contribution in [0.2, 0.25) is 0 Å². The molecule has 1 aromatic carbocycles. The number of nitrogens with zero attached hydrogens (tertiary/aromatic N) is 1. The molecule has 1 aromatic rings. The number of anilines is 1. The summed E-state index contributed by atoms with van der Waals surface area (Å²) in [5, 5.41) is 3.20. The van der Waals surface area contributed by atoms with Gasteiger partial charge in [0, 0.05) is 30.4 Å². The van der Waals surface area contributed by atoms with Crippen molar-refractivity contribution in [2.24, 2.45) is 0 Å². The van der Waals surface area contributed by atoms with Crippen LogP contribution in [0.15, 0.2) is 18.2 Å². The van der Waals surface area contributed by atoms with Gasteiger partial charge in [0.15, 0.2) is 0 Å². The van der Waals surface area contributed by atoms with Gasteiger partial charge < -0.3 is 10.2 Å². The van der Waals surface area contributed by atoms with E-state index in [4.69, 9.17) is 0 Å². The third kappa shape index (κ3) is 3.43. The van der Waals surface area contributed by atoms with Gasteiger partial charge in [0.1, 0.15) is 5.82 Å². The number of rotatable bonds is 6. The van der Waals surface area contributed by atoms with E-state index >= 15 is 0 Å². The predicted molar refractivity (Wildman–Crippen MR) is 71.9 cm³/mol. The predicted octanol–water partition coefficient (Wildman–Crippen LogP) is 3.17. The average molecular weight is 238 g/mol. The average Bonchev–Trinajstić information content (AvgIpc) is 2.28. The Kier molecular flexibility index (Phi) is 5.42. The fourth-order valence-electron chi connectivity index (χ4n) is 2.06. The van der Waals surface area contributed by atoms with E-state index in [-0.39, 0.29) is 5.82 Å². The molecular weight excluding hydrogens is 215 g/mol. The van der Waals surface area contributed by atoms with Gasteiger partial charge in [-0.1, -0.05) is 13.0 Å². The maximum absolute atomic E-state index is 13.9. The minimum absolute atomic E-state index is 0.123. The van der Waals surface area contributed by atoms with Crippen LogP contribution in [-0.4, -0.2) is 19.1 Å². The second-order valence-corrected chi connectivity index (χ2v) is 4.40. The standard InChI is InChI=1S/C14H23FN2/c1-5-16-10-12-13(15)8-7-9-14(12)17(6-2)11(3)4/h7-9,11,16H,5-6,10H2,1-4H3. The molecule has 0 aliphatic heterocycles. The summed E-state index contributed by atoms with van der Waals surface area (Å²) in [6.45, 7) is 10.7. The molecule has 17 heavy (non-hydrogen) atoms. The second kappa shape index (κ2) is 6.60. The van der Waals surface area contributed by atoms with Gasteiger partial charge in [0.25, 0.3) is 0 Å². The highest BCUT2D eigenvalue weighted by molar-refractivity contribution is 5.54. The van der Waals surface area contributed by atoms with Crippen molar-refractivity contribution in [1.29, 1.82) is 0 Å². The molecule has 96 valence electrons. The maximum atomic E-state index is 13.9. The first-order valence-electron chi connectivity index (χ1n) is 6.36. The van der Waals surface area contributed by atoms with E-state index in [9.17, 15) is 4.39 Å². The lowest BCUT2D eigenvalue weighted by molar-refractivity contribution is 0.588. The summed E-state index contributed by atoms with van der Waals surface area (Å²) in [7, 11) is 0.